The second-order valence-corrected chi connectivity index (χ2v) is 6.12. The summed E-state index contributed by atoms with van der Waals surface area (Å²) in [6.07, 6.45) is 3.84. The Morgan fingerprint density at radius 2 is 2.08 bits per heavy atom. The zero-order chi connectivity index (χ0) is 16.9. The summed E-state index contributed by atoms with van der Waals surface area (Å²) in [5.41, 5.74) is 1.27. The third kappa shape index (κ3) is 3.82. The molecule has 1 aliphatic heterocycles. The molecule has 0 spiro atoms. The number of anilines is 2. The second-order valence-electron chi connectivity index (χ2n) is 6.12. The van der Waals surface area contributed by atoms with Gasteiger partial charge in [0.25, 0.3) is 5.91 Å². The Balaban J connectivity index is 1.72. The van der Waals surface area contributed by atoms with Crippen molar-refractivity contribution in [3.8, 4) is 5.75 Å². The van der Waals surface area contributed by atoms with Gasteiger partial charge >= 0.3 is 0 Å². The number of amides is 1. The molecule has 1 N–H and O–H groups in total. The number of carbonyl (C=O) groups excluding carboxylic acids is 1. The second kappa shape index (κ2) is 7.29. The van der Waals surface area contributed by atoms with Crippen molar-refractivity contribution in [2.24, 2.45) is 5.92 Å². The first-order valence-electron chi connectivity index (χ1n) is 8.19. The minimum absolute atomic E-state index is 0.0262. The van der Waals surface area contributed by atoms with Gasteiger partial charge in [-0.25, -0.2) is 9.97 Å². The van der Waals surface area contributed by atoms with Gasteiger partial charge in [-0.15, -0.1) is 0 Å². The standard InChI is InChI=1S/C18H22N4O2/c1-13-4-3-11-22(12-13)17(23)16-9-10-19-18(21-16)20-14-5-7-15(24-2)8-6-14/h5-10,13H,3-4,11-12H2,1-2H3,(H,19,20,21). The lowest BCUT2D eigenvalue weighted by molar-refractivity contribution is 0.0677. The van der Waals surface area contributed by atoms with Crippen LogP contribution in [0.5, 0.6) is 5.75 Å². The Morgan fingerprint density at radius 3 is 2.79 bits per heavy atom. The summed E-state index contributed by atoms with van der Waals surface area (Å²) >= 11 is 0. The van der Waals surface area contributed by atoms with Gasteiger partial charge in [-0.2, -0.15) is 0 Å². The number of hydrogen-bond acceptors (Lipinski definition) is 5. The molecular weight excluding hydrogens is 304 g/mol. The number of carbonyl (C=O) groups is 1. The van der Waals surface area contributed by atoms with Gasteiger partial charge in [-0.05, 0) is 49.1 Å². The van der Waals surface area contributed by atoms with E-state index in [0.717, 1.165) is 30.9 Å². The molecule has 1 amide bonds. The molecule has 24 heavy (non-hydrogen) atoms. The van der Waals surface area contributed by atoms with Crippen molar-refractivity contribution < 1.29 is 9.53 Å². The lowest BCUT2D eigenvalue weighted by atomic mass is 10.00. The van der Waals surface area contributed by atoms with Gasteiger partial charge in [0.05, 0.1) is 7.11 Å². The Kier molecular flexibility index (Phi) is 4.93. The quantitative estimate of drug-likeness (QED) is 0.935. The van der Waals surface area contributed by atoms with Crippen molar-refractivity contribution in [1.82, 2.24) is 14.9 Å². The Bertz CT molecular complexity index is 702. The van der Waals surface area contributed by atoms with E-state index in [-0.39, 0.29) is 5.91 Å². The summed E-state index contributed by atoms with van der Waals surface area (Å²) in [4.78, 5) is 23.1. The smallest absolute Gasteiger partial charge is 0.272 e. The molecular formula is C18H22N4O2. The number of piperidine rings is 1. The highest BCUT2D eigenvalue weighted by Crippen LogP contribution is 2.19. The maximum Gasteiger partial charge on any atom is 0.272 e. The normalized spacial score (nSPS) is 17.4. The number of aromatic nitrogens is 2. The van der Waals surface area contributed by atoms with E-state index >= 15 is 0 Å². The molecule has 3 rings (SSSR count). The van der Waals surface area contributed by atoms with Gasteiger partial charge < -0.3 is 15.0 Å². The van der Waals surface area contributed by atoms with Crippen LogP contribution in [0.3, 0.4) is 0 Å². The van der Waals surface area contributed by atoms with Crippen LogP contribution in [-0.4, -0.2) is 41.0 Å². The van der Waals surface area contributed by atoms with Crippen LogP contribution in [-0.2, 0) is 0 Å². The first kappa shape index (κ1) is 16.2. The fourth-order valence-corrected chi connectivity index (χ4v) is 2.88. The molecule has 1 aromatic heterocycles. The molecule has 1 aliphatic rings. The molecule has 6 heteroatoms. The minimum Gasteiger partial charge on any atom is -0.497 e. The molecule has 1 aromatic carbocycles. The lowest BCUT2D eigenvalue weighted by Gasteiger charge is -2.30. The van der Waals surface area contributed by atoms with Crippen molar-refractivity contribution in [3.63, 3.8) is 0 Å². The zero-order valence-electron chi connectivity index (χ0n) is 14.0. The fraction of sp³-hybridized carbons (Fsp3) is 0.389. The monoisotopic (exact) mass is 326 g/mol. The summed E-state index contributed by atoms with van der Waals surface area (Å²) < 4.78 is 5.14. The number of rotatable bonds is 4. The highest BCUT2D eigenvalue weighted by Gasteiger charge is 2.23. The van der Waals surface area contributed by atoms with Crippen LogP contribution < -0.4 is 10.1 Å². The predicted octanol–water partition coefficient (Wildman–Crippen LogP) is 3.10. The maximum absolute atomic E-state index is 12.6. The van der Waals surface area contributed by atoms with E-state index in [9.17, 15) is 4.79 Å². The first-order chi connectivity index (χ1) is 11.7. The maximum atomic E-state index is 12.6. The molecule has 0 aliphatic carbocycles. The Hall–Kier alpha value is -2.63. The molecule has 1 unspecified atom stereocenters. The molecule has 1 atom stereocenters. The van der Waals surface area contributed by atoms with Crippen molar-refractivity contribution in [2.45, 2.75) is 19.8 Å². The van der Waals surface area contributed by atoms with Crippen molar-refractivity contribution in [2.75, 3.05) is 25.5 Å². The summed E-state index contributed by atoms with van der Waals surface area (Å²) in [5, 5.41) is 3.11. The SMILES string of the molecule is COc1ccc(Nc2nccc(C(=O)N3CCCC(C)C3)n2)cc1. The average molecular weight is 326 g/mol. The largest absolute Gasteiger partial charge is 0.497 e. The molecule has 0 saturated carbocycles. The summed E-state index contributed by atoms with van der Waals surface area (Å²) in [6, 6.07) is 9.13. The van der Waals surface area contributed by atoms with Gasteiger partial charge in [-0.3, -0.25) is 4.79 Å². The zero-order valence-corrected chi connectivity index (χ0v) is 14.0. The number of methoxy groups -OCH3 is 1. The number of nitrogens with one attached hydrogen (secondary N) is 1. The van der Waals surface area contributed by atoms with E-state index < -0.39 is 0 Å². The van der Waals surface area contributed by atoms with Crippen LogP contribution in [0, 0.1) is 5.92 Å². The van der Waals surface area contributed by atoms with Crippen LogP contribution in [0.2, 0.25) is 0 Å². The van der Waals surface area contributed by atoms with Crippen LogP contribution in [0.1, 0.15) is 30.3 Å². The molecule has 1 saturated heterocycles. The van der Waals surface area contributed by atoms with Crippen LogP contribution >= 0.6 is 0 Å². The summed E-state index contributed by atoms with van der Waals surface area (Å²) in [5.74, 6) is 1.71. The third-order valence-corrected chi connectivity index (χ3v) is 4.17. The molecule has 0 radical (unpaired) electrons. The highest BCUT2D eigenvalue weighted by atomic mass is 16.5. The van der Waals surface area contributed by atoms with E-state index in [4.69, 9.17) is 4.74 Å². The number of ether oxygens (including phenoxy) is 1. The first-order valence-corrected chi connectivity index (χ1v) is 8.19. The van der Waals surface area contributed by atoms with Crippen LogP contribution in [0.15, 0.2) is 36.5 Å². The van der Waals surface area contributed by atoms with E-state index in [1.165, 1.54) is 6.42 Å². The topological polar surface area (TPSA) is 67.3 Å². The molecule has 2 heterocycles. The predicted molar refractivity (Wildman–Crippen MR) is 92.6 cm³/mol. The summed E-state index contributed by atoms with van der Waals surface area (Å²) in [6.45, 7) is 3.77. The molecule has 126 valence electrons. The van der Waals surface area contributed by atoms with E-state index in [1.54, 1.807) is 19.4 Å². The van der Waals surface area contributed by atoms with E-state index in [2.05, 4.69) is 22.2 Å². The number of likely N-dealkylation sites (tertiary alicyclic amines) is 1. The van der Waals surface area contributed by atoms with Gasteiger partial charge in [0.15, 0.2) is 0 Å². The van der Waals surface area contributed by atoms with Gasteiger partial charge in [0.1, 0.15) is 11.4 Å². The number of nitrogens with zero attached hydrogens (tertiary/aromatic N) is 3. The number of hydrogen-bond donors (Lipinski definition) is 1. The van der Waals surface area contributed by atoms with Gasteiger partial charge in [0.2, 0.25) is 5.95 Å². The Morgan fingerprint density at radius 1 is 1.29 bits per heavy atom. The van der Waals surface area contributed by atoms with Crippen LogP contribution in [0.4, 0.5) is 11.6 Å². The van der Waals surface area contributed by atoms with Gasteiger partial charge in [-0.1, -0.05) is 6.92 Å². The average Bonchev–Trinajstić information content (AvgIpc) is 2.62. The molecule has 6 nitrogen and oxygen atoms in total. The molecule has 2 aromatic rings. The molecule has 0 bridgehead atoms. The fourth-order valence-electron chi connectivity index (χ4n) is 2.88. The van der Waals surface area contributed by atoms with Crippen molar-refractivity contribution in [3.05, 3.63) is 42.2 Å². The molecule has 1 fully saturated rings. The Labute approximate surface area is 141 Å². The number of benzene rings is 1. The lowest BCUT2D eigenvalue weighted by Crippen LogP contribution is -2.39. The summed E-state index contributed by atoms with van der Waals surface area (Å²) in [7, 11) is 1.63. The van der Waals surface area contributed by atoms with Crippen molar-refractivity contribution in [1.29, 1.82) is 0 Å². The third-order valence-electron chi connectivity index (χ3n) is 4.17. The minimum atomic E-state index is -0.0262. The highest BCUT2D eigenvalue weighted by molar-refractivity contribution is 5.92. The van der Waals surface area contributed by atoms with E-state index in [1.807, 2.05) is 29.2 Å². The van der Waals surface area contributed by atoms with Crippen LogP contribution in [0.25, 0.3) is 0 Å². The van der Waals surface area contributed by atoms with E-state index in [0.29, 0.717) is 17.6 Å². The van der Waals surface area contributed by atoms with Gasteiger partial charge in [0, 0.05) is 25.0 Å². The van der Waals surface area contributed by atoms with Crippen molar-refractivity contribution >= 4 is 17.5 Å².